The number of carbonyl (C=O) groups excluding carboxylic acids is 2. The molecule has 0 radical (unpaired) electrons. The fourth-order valence-corrected chi connectivity index (χ4v) is 5.67. The first-order valence-corrected chi connectivity index (χ1v) is 14.8. The number of hydroxylamine groups is 1. The summed E-state index contributed by atoms with van der Waals surface area (Å²) in [5.41, 5.74) is 7.32. The molecular formula is C32H34N4O4S. The van der Waals surface area contributed by atoms with Crippen LogP contribution in [0.2, 0.25) is 0 Å². The second kappa shape index (κ2) is 14.0. The normalized spacial score (nSPS) is 13.4. The molecule has 2 heterocycles. The monoisotopic (exact) mass is 570 g/mol. The van der Waals surface area contributed by atoms with Crippen LogP contribution in [-0.2, 0) is 22.7 Å². The molecule has 41 heavy (non-hydrogen) atoms. The van der Waals surface area contributed by atoms with Crippen molar-refractivity contribution in [2.75, 3.05) is 11.9 Å². The number of hydrogen-bond donors (Lipinski definition) is 3. The smallest absolute Gasteiger partial charge is 0.248 e. The summed E-state index contributed by atoms with van der Waals surface area (Å²) < 4.78 is 5.89. The Bertz CT molecular complexity index is 1430. The predicted molar refractivity (Wildman–Crippen MR) is 160 cm³/mol. The molecule has 0 aliphatic carbocycles. The molecule has 1 unspecified atom stereocenters. The number of ether oxygens (including phenoxy) is 1. The van der Waals surface area contributed by atoms with Crippen molar-refractivity contribution in [1.82, 2.24) is 15.4 Å². The van der Waals surface area contributed by atoms with Gasteiger partial charge in [0.2, 0.25) is 11.8 Å². The van der Waals surface area contributed by atoms with Crippen molar-refractivity contribution >= 4 is 28.3 Å². The highest BCUT2D eigenvalue weighted by Gasteiger charge is 2.32. The molecule has 1 aliphatic heterocycles. The van der Waals surface area contributed by atoms with Gasteiger partial charge >= 0.3 is 0 Å². The van der Waals surface area contributed by atoms with Gasteiger partial charge in [0, 0.05) is 31.1 Å². The molecule has 0 saturated heterocycles. The molecule has 1 atom stereocenters. The highest BCUT2D eigenvalue weighted by molar-refractivity contribution is 7.13. The number of rotatable bonds is 13. The van der Waals surface area contributed by atoms with Crippen LogP contribution in [-0.4, -0.2) is 33.5 Å². The summed E-state index contributed by atoms with van der Waals surface area (Å²) in [5.74, 6) is 0.412. The topological polar surface area (TPSA) is 104 Å². The molecule has 1 aromatic heterocycles. The first-order valence-electron chi connectivity index (χ1n) is 13.9. The molecule has 8 nitrogen and oxygen atoms in total. The number of aromatic nitrogens is 1. The molecular weight excluding hydrogens is 536 g/mol. The second-order valence-corrected chi connectivity index (χ2v) is 11.0. The fourth-order valence-electron chi connectivity index (χ4n) is 5.14. The van der Waals surface area contributed by atoms with Gasteiger partial charge in [-0.05, 0) is 58.9 Å². The van der Waals surface area contributed by atoms with Crippen molar-refractivity contribution in [3.8, 4) is 16.9 Å². The number of amides is 2. The standard InChI is InChI=1S/C32H34N4O4S/c37-29(35-39)10-6-1-2-7-18-40-28-15-13-23(14-16-28)25-11-12-26-21-36(22-27(26)20-25)30(24-8-4-3-5-9-24)31(38)34-32-33-17-19-41-32/h3-5,8-9,11-17,19-20,30,39H,1-2,6-7,10,18,21-22H2,(H,35,37)(H,33,34,38). The lowest BCUT2D eigenvalue weighted by Crippen LogP contribution is -2.34. The van der Waals surface area contributed by atoms with E-state index in [-0.39, 0.29) is 11.8 Å². The molecule has 3 N–H and O–H groups in total. The van der Waals surface area contributed by atoms with Gasteiger partial charge in [0.1, 0.15) is 11.8 Å². The summed E-state index contributed by atoms with van der Waals surface area (Å²) >= 11 is 1.41. The van der Waals surface area contributed by atoms with Crippen molar-refractivity contribution in [2.24, 2.45) is 0 Å². The predicted octanol–water partition coefficient (Wildman–Crippen LogP) is 6.34. The van der Waals surface area contributed by atoms with Crippen LogP contribution in [0.25, 0.3) is 11.1 Å². The zero-order valence-electron chi connectivity index (χ0n) is 22.8. The van der Waals surface area contributed by atoms with Crippen molar-refractivity contribution in [3.63, 3.8) is 0 Å². The maximum Gasteiger partial charge on any atom is 0.248 e. The van der Waals surface area contributed by atoms with E-state index in [9.17, 15) is 9.59 Å². The number of nitrogens with one attached hydrogen (secondary N) is 2. The largest absolute Gasteiger partial charge is 0.494 e. The zero-order valence-corrected chi connectivity index (χ0v) is 23.6. The van der Waals surface area contributed by atoms with Crippen LogP contribution in [0.5, 0.6) is 5.75 Å². The van der Waals surface area contributed by atoms with Crippen molar-refractivity contribution < 1.29 is 19.5 Å². The summed E-state index contributed by atoms with van der Waals surface area (Å²) in [6, 6.07) is 24.2. The molecule has 0 bridgehead atoms. The fraction of sp³-hybridized carbons (Fsp3) is 0.281. The van der Waals surface area contributed by atoms with Gasteiger partial charge in [-0.3, -0.25) is 19.7 Å². The highest BCUT2D eigenvalue weighted by Crippen LogP contribution is 2.35. The van der Waals surface area contributed by atoms with Gasteiger partial charge in [0.15, 0.2) is 5.13 Å². The Morgan fingerprint density at radius 3 is 2.44 bits per heavy atom. The minimum absolute atomic E-state index is 0.0798. The number of carbonyl (C=O) groups is 2. The first-order chi connectivity index (χ1) is 20.1. The van der Waals surface area contributed by atoms with E-state index in [1.807, 2.05) is 47.8 Å². The second-order valence-electron chi connectivity index (χ2n) is 10.1. The number of benzene rings is 3. The molecule has 4 aromatic rings. The van der Waals surface area contributed by atoms with Crippen LogP contribution < -0.4 is 15.5 Å². The molecule has 2 amide bonds. The Morgan fingerprint density at radius 1 is 0.927 bits per heavy atom. The minimum Gasteiger partial charge on any atom is -0.494 e. The molecule has 3 aromatic carbocycles. The van der Waals surface area contributed by atoms with Gasteiger partial charge in [-0.15, -0.1) is 11.3 Å². The average molecular weight is 571 g/mol. The van der Waals surface area contributed by atoms with Crippen LogP contribution in [0, 0.1) is 0 Å². The summed E-state index contributed by atoms with van der Waals surface area (Å²) in [4.78, 5) is 30.9. The average Bonchev–Trinajstić information content (AvgIpc) is 3.67. The number of hydrogen-bond acceptors (Lipinski definition) is 7. The number of nitrogens with zero attached hydrogens (tertiary/aromatic N) is 2. The lowest BCUT2D eigenvalue weighted by molar-refractivity contribution is -0.129. The Morgan fingerprint density at radius 2 is 1.68 bits per heavy atom. The van der Waals surface area contributed by atoms with Crippen LogP contribution in [0.4, 0.5) is 5.13 Å². The lowest BCUT2D eigenvalue weighted by Gasteiger charge is -2.26. The number of thiazole rings is 1. The third-order valence-electron chi connectivity index (χ3n) is 7.22. The van der Waals surface area contributed by atoms with Crippen molar-refractivity contribution in [1.29, 1.82) is 0 Å². The van der Waals surface area contributed by atoms with Gasteiger partial charge in [-0.1, -0.05) is 67.4 Å². The SMILES string of the molecule is O=C(CCCCCCOc1ccc(-c2ccc3c(c2)CN(C(C(=O)Nc2nccs2)c2ccccc2)C3)cc1)NO. The van der Waals surface area contributed by atoms with Gasteiger partial charge in [0.05, 0.1) is 6.61 Å². The lowest BCUT2D eigenvalue weighted by atomic mass is 10.0. The van der Waals surface area contributed by atoms with Gasteiger partial charge in [-0.2, -0.15) is 0 Å². The molecule has 1 aliphatic rings. The Kier molecular flexibility index (Phi) is 9.74. The number of anilines is 1. The van der Waals surface area contributed by atoms with Gasteiger partial charge < -0.3 is 10.1 Å². The molecule has 0 saturated carbocycles. The van der Waals surface area contributed by atoms with E-state index >= 15 is 0 Å². The highest BCUT2D eigenvalue weighted by atomic mass is 32.1. The molecule has 212 valence electrons. The van der Waals surface area contributed by atoms with E-state index in [0.29, 0.717) is 31.2 Å². The van der Waals surface area contributed by atoms with Gasteiger partial charge in [0.25, 0.3) is 0 Å². The third kappa shape index (κ3) is 7.58. The van der Waals surface area contributed by atoms with E-state index < -0.39 is 6.04 Å². The van der Waals surface area contributed by atoms with Crippen LogP contribution in [0.15, 0.2) is 84.4 Å². The van der Waals surface area contributed by atoms with Crippen molar-refractivity contribution in [2.45, 2.75) is 51.2 Å². The van der Waals surface area contributed by atoms with Crippen LogP contribution in [0.3, 0.4) is 0 Å². The van der Waals surface area contributed by atoms with E-state index in [1.54, 1.807) is 11.7 Å². The Balaban J connectivity index is 1.18. The van der Waals surface area contributed by atoms with Gasteiger partial charge in [-0.25, -0.2) is 10.5 Å². The summed E-state index contributed by atoms with van der Waals surface area (Å²) in [6.45, 7) is 2.00. The maximum absolute atomic E-state index is 13.4. The molecule has 5 rings (SSSR count). The molecule has 0 spiro atoms. The zero-order chi connectivity index (χ0) is 28.4. The molecule has 0 fully saturated rings. The Labute approximate surface area is 244 Å². The summed E-state index contributed by atoms with van der Waals surface area (Å²) in [5, 5.41) is 14.0. The van der Waals surface area contributed by atoms with E-state index in [2.05, 4.69) is 45.5 Å². The summed E-state index contributed by atoms with van der Waals surface area (Å²) in [7, 11) is 0. The first kappa shape index (κ1) is 28.5. The van der Waals surface area contributed by atoms with Crippen molar-refractivity contribution in [3.05, 3.63) is 101 Å². The number of unbranched alkanes of at least 4 members (excludes halogenated alkanes) is 3. The van der Waals surface area contributed by atoms with E-state index in [0.717, 1.165) is 48.1 Å². The quantitative estimate of drug-likeness (QED) is 0.0985. The Hall–Kier alpha value is -4.05. The maximum atomic E-state index is 13.4. The minimum atomic E-state index is -0.424. The summed E-state index contributed by atoms with van der Waals surface area (Å²) in [6.07, 6.45) is 5.60. The van der Waals surface area contributed by atoms with Crippen LogP contribution >= 0.6 is 11.3 Å². The van der Waals surface area contributed by atoms with E-state index in [4.69, 9.17) is 9.94 Å². The molecule has 9 heteroatoms. The third-order valence-corrected chi connectivity index (χ3v) is 7.91. The van der Waals surface area contributed by atoms with Crippen LogP contribution in [0.1, 0.15) is 54.8 Å². The van der Waals surface area contributed by atoms with E-state index in [1.165, 1.54) is 22.5 Å². The number of fused-ring (bicyclic) bond motifs is 1.